The van der Waals surface area contributed by atoms with Crippen molar-refractivity contribution in [3.05, 3.63) is 44.9 Å². The smallest absolute Gasteiger partial charge is 0.144 e. The molecule has 0 spiro atoms. The van der Waals surface area contributed by atoms with Crippen LogP contribution >= 0.6 is 22.9 Å². The van der Waals surface area contributed by atoms with Crippen molar-refractivity contribution in [1.29, 1.82) is 0 Å². The topological polar surface area (TPSA) is 29.3 Å². The van der Waals surface area contributed by atoms with Crippen molar-refractivity contribution in [1.82, 2.24) is 0 Å². The molecule has 0 aliphatic carbocycles. The molecular weight excluding hydrogens is 271 g/mol. The number of rotatable bonds is 1. The van der Waals surface area contributed by atoms with Crippen LogP contribution in [0.25, 0.3) is 0 Å². The molecule has 5 heteroatoms. The second-order valence-corrected chi connectivity index (χ2v) is 5.77. The van der Waals surface area contributed by atoms with E-state index in [0.29, 0.717) is 5.69 Å². The van der Waals surface area contributed by atoms with E-state index in [4.69, 9.17) is 17.3 Å². The summed E-state index contributed by atoms with van der Waals surface area (Å²) in [5.41, 5.74) is 8.49. The van der Waals surface area contributed by atoms with Gasteiger partial charge in [-0.05, 0) is 29.5 Å². The van der Waals surface area contributed by atoms with E-state index in [-0.39, 0.29) is 5.02 Å². The number of hydrogen-bond donors (Lipinski definition) is 1. The Hall–Kier alpha value is -1.26. The highest BCUT2D eigenvalue weighted by molar-refractivity contribution is 7.10. The number of nitrogens with zero attached hydrogens (tertiary/aromatic N) is 1. The first-order valence-electron chi connectivity index (χ1n) is 5.70. The predicted octanol–water partition coefficient (Wildman–Crippen LogP) is 3.69. The number of halogens is 2. The van der Waals surface area contributed by atoms with Crippen molar-refractivity contribution in [2.24, 2.45) is 0 Å². The predicted molar refractivity (Wildman–Crippen MR) is 74.9 cm³/mol. The minimum Gasteiger partial charge on any atom is -0.397 e. The molecule has 3 rings (SSSR count). The van der Waals surface area contributed by atoms with E-state index in [2.05, 4.69) is 16.3 Å². The van der Waals surface area contributed by atoms with E-state index in [1.54, 1.807) is 11.3 Å². The van der Waals surface area contributed by atoms with Crippen LogP contribution in [0, 0.1) is 5.82 Å². The summed E-state index contributed by atoms with van der Waals surface area (Å²) in [5.74, 6) is -0.419. The van der Waals surface area contributed by atoms with E-state index < -0.39 is 5.82 Å². The summed E-state index contributed by atoms with van der Waals surface area (Å²) in [6, 6.07) is 5.03. The second-order valence-electron chi connectivity index (χ2n) is 4.37. The van der Waals surface area contributed by atoms with E-state index in [1.807, 2.05) is 0 Å². The second kappa shape index (κ2) is 4.44. The lowest BCUT2D eigenvalue weighted by Gasteiger charge is -2.30. The molecule has 0 fully saturated rings. The first-order chi connectivity index (χ1) is 8.65. The van der Waals surface area contributed by atoms with Gasteiger partial charge in [0.1, 0.15) is 5.82 Å². The molecule has 2 heterocycles. The number of thiophene rings is 1. The number of hydrogen-bond acceptors (Lipinski definition) is 3. The minimum absolute atomic E-state index is 0.0736. The number of anilines is 2. The Morgan fingerprint density at radius 2 is 2.22 bits per heavy atom. The molecule has 2 N–H and O–H groups in total. The van der Waals surface area contributed by atoms with Gasteiger partial charge in [-0.15, -0.1) is 11.3 Å². The van der Waals surface area contributed by atoms with Crippen LogP contribution in [0.15, 0.2) is 23.6 Å². The molecule has 2 aromatic rings. The molecule has 0 amide bonds. The molecule has 0 atom stereocenters. The Bertz CT molecular complexity index is 597. The third kappa shape index (κ3) is 1.95. The largest absolute Gasteiger partial charge is 0.397 e. The number of nitrogens with two attached hydrogens (primary N) is 1. The maximum absolute atomic E-state index is 13.5. The Kier molecular flexibility index (Phi) is 2.92. The molecule has 1 aliphatic rings. The van der Waals surface area contributed by atoms with Crippen LogP contribution in [0.4, 0.5) is 15.8 Å². The van der Waals surface area contributed by atoms with E-state index in [9.17, 15) is 4.39 Å². The Morgan fingerprint density at radius 1 is 1.39 bits per heavy atom. The quantitative estimate of drug-likeness (QED) is 0.809. The highest BCUT2D eigenvalue weighted by Crippen LogP contribution is 2.33. The van der Waals surface area contributed by atoms with E-state index in [0.717, 1.165) is 25.2 Å². The van der Waals surface area contributed by atoms with Gasteiger partial charge >= 0.3 is 0 Å². The van der Waals surface area contributed by atoms with Gasteiger partial charge in [0.05, 0.1) is 16.4 Å². The van der Waals surface area contributed by atoms with E-state index in [1.165, 1.54) is 22.6 Å². The Morgan fingerprint density at radius 3 is 3.06 bits per heavy atom. The molecule has 0 radical (unpaired) electrons. The van der Waals surface area contributed by atoms with Crippen molar-refractivity contribution < 1.29 is 4.39 Å². The molecular formula is C13H12ClFN2S. The van der Waals surface area contributed by atoms with Crippen LogP contribution in [-0.4, -0.2) is 6.54 Å². The van der Waals surface area contributed by atoms with E-state index >= 15 is 0 Å². The molecule has 0 unspecified atom stereocenters. The zero-order chi connectivity index (χ0) is 12.7. The highest BCUT2D eigenvalue weighted by Gasteiger charge is 2.20. The summed E-state index contributed by atoms with van der Waals surface area (Å²) in [4.78, 5) is 3.52. The molecule has 0 bridgehead atoms. The normalized spacial score (nSPS) is 14.7. The molecule has 18 heavy (non-hydrogen) atoms. The van der Waals surface area contributed by atoms with Gasteiger partial charge in [0.2, 0.25) is 0 Å². The average Bonchev–Trinajstić information content (AvgIpc) is 2.80. The lowest BCUT2D eigenvalue weighted by Crippen LogP contribution is -2.30. The highest BCUT2D eigenvalue weighted by atomic mass is 35.5. The molecule has 1 aromatic carbocycles. The summed E-state index contributed by atoms with van der Waals surface area (Å²) in [6.07, 6.45) is 0.983. The molecule has 0 saturated carbocycles. The lowest BCUT2D eigenvalue weighted by molar-refractivity contribution is 0.626. The standard InChI is InChI=1S/C13H12ClFN2S/c14-9-5-11(16)12(6-10(9)15)17-3-1-13-8(7-17)2-4-18-13/h2,4-6H,1,3,7,16H2. The van der Waals surface area contributed by atoms with Gasteiger partial charge in [0.15, 0.2) is 0 Å². The third-order valence-electron chi connectivity index (χ3n) is 3.22. The van der Waals surface area contributed by atoms with Gasteiger partial charge < -0.3 is 10.6 Å². The monoisotopic (exact) mass is 282 g/mol. The van der Waals surface area contributed by atoms with Gasteiger partial charge in [-0.3, -0.25) is 0 Å². The minimum atomic E-state index is -0.419. The van der Waals surface area contributed by atoms with Crippen molar-refractivity contribution in [2.75, 3.05) is 17.2 Å². The zero-order valence-corrected chi connectivity index (χ0v) is 11.2. The fourth-order valence-electron chi connectivity index (χ4n) is 2.28. The lowest BCUT2D eigenvalue weighted by atomic mass is 10.1. The van der Waals surface area contributed by atoms with Gasteiger partial charge in [0, 0.05) is 24.0 Å². The number of benzene rings is 1. The Labute approximate surface area is 114 Å². The summed E-state index contributed by atoms with van der Waals surface area (Å²) >= 11 is 7.50. The van der Waals surface area contributed by atoms with Gasteiger partial charge in [0.25, 0.3) is 0 Å². The maximum Gasteiger partial charge on any atom is 0.144 e. The first-order valence-corrected chi connectivity index (χ1v) is 6.95. The van der Waals surface area contributed by atoms with Crippen LogP contribution in [0.5, 0.6) is 0 Å². The van der Waals surface area contributed by atoms with Gasteiger partial charge in [-0.2, -0.15) is 0 Å². The Balaban J connectivity index is 1.95. The van der Waals surface area contributed by atoms with Crippen molar-refractivity contribution >= 4 is 34.3 Å². The van der Waals surface area contributed by atoms with Crippen molar-refractivity contribution in [2.45, 2.75) is 13.0 Å². The van der Waals surface area contributed by atoms with Crippen molar-refractivity contribution in [3.8, 4) is 0 Å². The first kappa shape index (κ1) is 11.8. The molecule has 1 aliphatic heterocycles. The number of fused-ring (bicyclic) bond motifs is 1. The van der Waals surface area contributed by atoms with Crippen LogP contribution in [0.3, 0.4) is 0 Å². The zero-order valence-electron chi connectivity index (χ0n) is 9.62. The van der Waals surface area contributed by atoms with Crippen LogP contribution in [0.2, 0.25) is 5.02 Å². The molecule has 0 saturated heterocycles. The summed E-state index contributed by atoms with van der Waals surface area (Å²) < 4.78 is 13.5. The average molecular weight is 283 g/mol. The molecule has 1 aromatic heterocycles. The summed E-state index contributed by atoms with van der Waals surface area (Å²) in [5, 5.41) is 2.17. The van der Waals surface area contributed by atoms with Gasteiger partial charge in [-0.1, -0.05) is 11.6 Å². The molecule has 2 nitrogen and oxygen atoms in total. The van der Waals surface area contributed by atoms with Gasteiger partial charge in [-0.25, -0.2) is 4.39 Å². The van der Waals surface area contributed by atoms with Crippen LogP contribution < -0.4 is 10.6 Å². The number of nitrogen functional groups attached to an aromatic ring is 1. The summed E-state index contributed by atoms with van der Waals surface area (Å²) in [7, 11) is 0. The third-order valence-corrected chi connectivity index (χ3v) is 4.53. The SMILES string of the molecule is Nc1cc(Cl)c(F)cc1N1CCc2sccc2C1. The fourth-order valence-corrected chi connectivity index (χ4v) is 3.34. The molecule has 94 valence electrons. The van der Waals surface area contributed by atoms with Crippen molar-refractivity contribution in [3.63, 3.8) is 0 Å². The van der Waals surface area contributed by atoms with Crippen LogP contribution in [0.1, 0.15) is 10.4 Å². The van der Waals surface area contributed by atoms with Crippen LogP contribution in [-0.2, 0) is 13.0 Å². The summed E-state index contributed by atoms with van der Waals surface area (Å²) in [6.45, 7) is 1.64. The maximum atomic E-state index is 13.5. The fraction of sp³-hybridized carbons (Fsp3) is 0.231.